The molecule has 1 spiro atoms. The SMILES string of the molecule is COc1ccc(C)c2c1OC1(Cc3ccc([N+](=O)[O-])cc3N1)C(C)=C2C. The molecule has 2 aliphatic heterocycles. The van der Waals surface area contributed by atoms with Gasteiger partial charge in [0.1, 0.15) is 0 Å². The number of ether oxygens (including phenoxy) is 2. The summed E-state index contributed by atoms with van der Waals surface area (Å²) in [5.74, 6) is 1.39. The molecule has 0 radical (unpaired) electrons. The van der Waals surface area contributed by atoms with Crippen molar-refractivity contribution in [1.82, 2.24) is 0 Å². The van der Waals surface area contributed by atoms with Crippen molar-refractivity contribution in [2.45, 2.75) is 32.9 Å². The molecule has 0 aromatic heterocycles. The van der Waals surface area contributed by atoms with Crippen LogP contribution in [0, 0.1) is 17.0 Å². The van der Waals surface area contributed by atoms with Gasteiger partial charge in [0.05, 0.1) is 12.0 Å². The highest BCUT2D eigenvalue weighted by Crippen LogP contribution is 2.50. The second kappa shape index (κ2) is 5.49. The predicted octanol–water partition coefficient (Wildman–Crippen LogP) is 4.46. The quantitative estimate of drug-likeness (QED) is 0.638. The van der Waals surface area contributed by atoms with Crippen LogP contribution in [0.4, 0.5) is 11.4 Å². The van der Waals surface area contributed by atoms with E-state index in [9.17, 15) is 10.1 Å². The highest BCUT2D eigenvalue weighted by atomic mass is 16.6. The number of nitrogens with one attached hydrogen (secondary N) is 1. The number of rotatable bonds is 2. The topological polar surface area (TPSA) is 73.6 Å². The van der Waals surface area contributed by atoms with Crippen LogP contribution in [-0.4, -0.2) is 17.8 Å². The minimum absolute atomic E-state index is 0.0660. The highest BCUT2D eigenvalue weighted by Gasteiger charge is 2.46. The first-order valence-corrected chi connectivity index (χ1v) is 8.47. The van der Waals surface area contributed by atoms with E-state index < -0.39 is 5.72 Å². The van der Waals surface area contributed by atoms with Gasteiger partial charge in [0.25, 0.3) is 5.69 Å². The van der Waals surface area contributed by atoms with Crippen molar-refractivity contribution < 1.29 is 14.4 Å². The van der Waals surface area contributed by atoms with Gasteiger partial charge in [-0.2, -0.15) is 0 Å². The number of fused-ring (bicyclic) bond motifs is 2. The number of benzene rings is 2. The maximum Gasteiger partial charge on any atom is 0.271 e. The van der Waals surface area contributed by atoms with Gasteiger partial charge in [0.2, 0.25) is 5.72 Å². The normalized spacial score (nSPS) is 20.3. The Morgan fingerprint density at radius 3 is 2.69 bits per heavy atom. The average Bonchev–Trinajstić information content (AvgIpc) is 2.98. The Labute approximate surface area is 151 Å². The molecule has 0 fully saturated rings. The molecule has 2 aromatic rings. The summed E-state index contributed by atoms with van der Waals surface area (Å²) in [7, 11) is 1.63. The Kier molecular flexibility index (Phi) is 3.47. The van der Waals surface area contributed by atoms with Crippen molar-refractivity contribution in [1.29, 1.82) is 0 Å². The van der Waals surface area contributed by atoms with E-state index in [1.807, 2.05) is 19.1 Å². The fraction of sp³-hybridized carbons (Fsp3) is 0.300. The van der Waals surface area contributed by atoms with Gasteiger partial charge in [-0.15, -0.1) is 0 Å². The van der Waals surface area contributed by atoms with Crippen molar-refractivity contribution in [3.63, 3.8) is 0 Å². The summed E-state index contributed by atoms with van der Waals surface area (Å²) in [6.45, 7) is 6.18. The zero-order valence-electron chi connectivity index (χ0n) is 15.2. The summed E-state index contributed by atoms with van der Waals surface area (Å²) in [5, 5.41) is 14.5. The summed E-state index contributed by atoms with van der Waals surface area (Å²) in [6.07, 6.45) is 0.597. The third kappa shape index (κ3) is 2.18. The lowest BCUT2D eigenvalue weighted by molar-refractivity contribution is -0.384. The Morgan fingerprint density at radius 1 is 1.23 bits per heavy atom. The lowest BCUT2D eigenvalue weighted by Crippen LogP contribution is -2.46. The van der Waals surface area contributed by atoms with Crippen LogP contribution >= 0.6 is 0 Å². The van der Waals surface area contributed by atoms with Crippen LogP contribution in [0.2, 0.25) is 0 Å². The molecule has 1 N–H and O–H groups in total. The summed E-state index contributed by atoms with van der Waals surface area (Å²) >= 11 is 0. The van der Waals surface area contributed by atoms with Crippen LogP contribution in [0.3, 0.4) is 0 Å². The van der Waals surface area contributed by atoms with E-state index in [1.54, 1.807) is 19.2 Å². The first-order chi connectivity index (χ1) is 12.4. The van der Waals surface area contributed by atoms with Crippen molar-refractivity contribution in [2.24, 2.45) is 0 Å². The molecule has 0 saturated heterocycles. The van der Waals surface area contributed by atoms with E-state index in [2.05, 4.69) is 19.2 Å². The Morgan fingerprint density at radius 2 is 2.00 bits per heavy atom. The largest absolute Gasteiger partial charge is 0.493 e. The number of hydrogen-bond donors (Lipinski definition) is 1. The molecule has 6 nitrogen and oxygen atoms in total. The summed E-state index contributed by atoms with van der Waals surface area (Å²) < 4.78 is 12.0. The lowest BCUT2D eigenvalue weighted by Gasteiger charge is -2.39. The van der Waals surface area contributed by atoms with Gasteiger partial charge in [-0.1, -0.05) is 6.07 Å². The molecule has 6 heteroatoms. The third-order valence-corrected chi connectivity index (χ3v) is 5.45. The number of non-ortho nitro benzene ring substituents is 1. The maximum absolute atomic E-state index is 11.1. The molecule has 0 amide bonds. The number of nitrogens with zero attached hydrogens (tertiary/aromatic N) is 1. The number of methoxy groups -OCH3 is 1. The van der Waals surface area contributed by atoms with Crippen molar-refractivity contribution in [3.8, 4) is 11.5 Å². The molecule has 0 aliphatic carbocycles. The van der Waals surface area contributed by atoms with E-state index in [-0.39, 0.29) is 10.6 Å². The second-order valence-electron chi connectivity index (χ2n) is 6.87. The summed E-state index contributed by atoms with van der Waals surface area (Å²) in [6, 6.07) is 8.83. The molecule has 2 heterocycles. The van der Waals surface area contributed by atoms with Crippen molar-refractivity contribution in [3.05, 3.63) is 62.7 Å². The molecule has 0 bridgehead atoms. The smallest absolute Gasteiger partial charge is 0.271 e. The van der Waals surface area contributed by atoms with Crippen LogP contribution in [0.25, 0.3) is 5.57 Å². The zero-order valence-corrected chi connectivity index (χ0v) is 15.2. The van der Waals surface area contributed by atoms with Gasteiger partial charge in [-0.25, -0.2) is 0 Å². The van der Waals surface area contributed by atoms with Crippen LogP contribution in [0.15, 0.2) is 35.9 Å². The number of hydrogen-bond acceptors (Lipinski definition) is 5. The molecule has 2 aliphatic rings. The molecule has 26 heavy (non-hydrogen) atoms. The third-order valence-electron chi connectivity index (χ3n) is 5.45. The molecule has 0 saturated carbocycles. The van der Waals surface area contributed by atoms with E-state index in [4.69, 9.17) is 9.47 Å². The fourth-order valence-electron chi connectivity index (χ4n) is 3.90. The van der Waals surface area contributed by atoms with Crippen molar-refractivity contribution >= 4 is 16.9 Å². The predicted molar refractivity (Wildman–Crippen MR) is 99.8 cm³/mol. The molecule has 4 rings (SSSR count). The van der Waals surface area contributed by atoms with Gasteiger partial charge in [0, 0.05) is 29.8 Å². The monoisotopic (exact) mass is 352 g/mol. The average molecular weight is 352 g/mol. The first kappa shape index (κ1) is 16.4. The minimum atomic E-state index is -0.754. The molecular formula is C20H20N2O4. The van der Waals surface area contributed by atoms with Gasteiger partial charge in [0.15, 0.2) is 11.5 Å². The van der Waals surface area contributed by atoms with E-state index in [1.165, 1.54) is 6.07 Å². The van der Waals surface area contributed by atoms with E-state index >= 15 is 0 Å². The maximum atomic E-state index is 11.1. The number of nitro benzene ring substituents is 1. The molecule has 1 unspecified atom stereocenters. The Bertz CT molecular complexity index is 980. The second-order valence-corrected chi connectivity index (χ2v) is 6.87. The first-order valence-electron chi connectivity index (χ1n) is 8.47. The molecule has 134 valence electrons. The van der Waals surface area contributed by atoms with Gasteiger partial charge >= 0.3 is 0 Å². The van der Waals surface area contributed by atoms with Crippen LogP contribution < -0.4 is 14.8 Å². The molecule has 1 atom stereocenters. The standard InChI is InChI=1S/C20H20N2O4/c1-11-5-8-17(25-4)19-18(11)12(2)13(3)20(26-19)10-14-6-7-15(22(23)24)9-16(14)21-20/h5-9,21H,10H2,1-4H3. The van der Waals surface area contributed by atoms with Crippen molar-refractivity contribution in [2.75, 3.05) is 12.4 Å². The van der Waals surface area contributed by atoms with Crippen LogP contribution in [0.1, 0.15) is 30.5 Å². The summed E-state index contributed by atoms with van der Waals surface area (Å²) in [5.41, 5.74) is 5.43. The Balaban J connectivity index is 1.84. The molecular weight excluding hydrogens is 332 g/mol. The number of anilines is 1. The van der Waals surface area contributed by atoms with E-state index in [0.29, 0.717) is 17.9 Å². The fourth-order valence-corrected chi connectivity index (χ4v) is 3.90. The number of aryl methyl sites for hydroxylation is 1. The minimum Gasteiger partial charge on any atom is -0.493 e. The molecule has 2 aromatic carbocycles. The lowest BCUT2D eigenvalue weighted by atomic mass is 9.87. The van der Waals surface area contributed by atoms with Gasteiger partial charge < -0.3 is 14.8 Å². The zero-order chi connectivity index (χ0) is 18.6. The number of allylic oxidation sites excluding steroid dienone is 1. The van der Waals surface area contributed by atoms with Crippen LogP contribution in [0.5, 0.6) is 11.5 Å². The van der Waals surface area contributed by atoms with Gasteiger partial charge in [-0.05, 0) is 55.2 Å². The van der Waals surface area contributed by atoms with Gasteiger partial charge in [-0.3, -0.25) is 10.1 Å². The van der Waals surface area contributed by atoms with Crippen LogP contribution in [-0.2, 0) is 6.42 Å². The Hall–Kier alpha value is -3.02. The van der Waals surface area contributed by atoms with E-state index in [0.717, 1.165) is 33.5 Å². The summed E-state index contributed by atoms with van der Waals surface area (Å²) in [4.78, 5) is 10.7. The number of nitro groups is 1. The highest BCUT2D eigenvalue weighted by molar-refractivity contribution is 5.81.